The zero-order valence-corrected chi connectivity index (χ0v) is 17.4. The van der Waals surface area contributed by atoms with Crippen molar-refractivity contribution >= 4 is 23.2 Å². The molecule has 0 aliphatic carbocycles. The van der Waals surface area contributed by atoms with Gasteiger partial charge in [0.05, 0.1) is 29.3 Å². The Hall–Kier alpha value is -3.61. The third kappa shape index (κ3) is 3.43. The highest BCUT2D eigenvalue weighted by molar-refractivity contribution is 6.19. The fourth-order valence-electron chi connectivity index (χ4n) is 3.51. The second-order valence-corrected chi connectivity index (χ2v) is 7.73. The average molecular weight is 404 g/mol. The van der Waals surface area contributed by atoms with Crippen LogP contribution < -0.4 is 15.4 Å². The SMILES string of the molecule is Cc1ccc2c(c1)NC(=O)C(C)(C(=O)Nc1c(C)nn(Cc3ccccc3)c1C)O2. The Balaban J connectivity index is 1.58. The van der Waals surface area contributed by atoms with Gasteiger partial charge in [-0.1, -0.05) is 36.4 Å². The summed E-state index contributed by atoms with van der Waals surface area (Å²) in [4.78, 5) is 25.8. The Morgan fingerprint density at radius 2 is 1.90 bits per heavy atom. The van der Waals surface area contributed by atoms with E-state index in [1.54, 1.807) is 6.07 Å². The monoisotopic (exact) mass is 404 g/mol. The molecule has 0 fully saturated rings. The molecule has 7 heteroatoms. The molecule has 0 bridgehead atoms. The Labute approximate surface area is 175 Å². The maximum atomic E-state index is 13.1. The number of nitrogens with one attached hydrogen (secondary N) is 2. The van der Waals surface area contributed by atoms with Gasteiger partial charge in [0.1, 0.15) is 5.75 Å². The van der Waals surface area contributed by atoms with Crippen molar-refractivity contribution in [3.05, 3.63) is 71.0 Å². The fourth-order valence-corrected chi connectivity index (χ4v) is 3.51. The predicted molar refractivity (Wildman–Crippen MR) is 115 cm³/mol. The topological polar surface area (TPSA) is 85.3 Å². The van der Waals surface area contributed by atoms with Gasteiger partial charge in [-0.05, 0) is 51.0 Å². The number of anilines is 2. The minimum Gasteiger partial charge on any atom is -0.466 e. The molecule has 4 rings (SSSR count). The van der Waals surface area contributed by atoms with Crippen molar-refractivity contribution in [1.29, 1.82) is 0 Å². The molecule has 0 saturated carbocycles. The van der Waals surface area contributed by atoms with E-state index in [2.05, 4.69) is 15.7 Å². The molecule has 3 aromatic rings. The van der Waals surface area contributed by atoms with Gasteiger partial charge in [-0.15, -0.1) is 0 Å². The van der Waals surface area contributed by atoms with E-state index in [9.17, 15) is 9.59 Å². The van der Waals surface area contributed by atoms with E-state index in [-0.39, 0.29) is 0 Å². The summed E-state index contributed by atoms with van der Waals surface area (Å²) < 4.78 is 7.69. The third-order valence-electron chi connectivity index (χ3n) is 5.36. The molecule has 1 aliphatic heterocycles. The molecule has 1 aliphatic rings. The van der Waals surface area contributed by atoms with E-state index in [1.165, 1.54) is 6.92 Å². The van der Waals surface area contributed by atoms with Gasteiger partial charge >= 0.3 is 0 Å². The summed E-state index contributed by atoms with van der Waals surface area (Å²) in [5, 5.41) is 10.2. The highest BCUT2D eigenvalue weighted by atomic mass is 16.5. The van der Waals surface area contributed by atoms with Crippen LogP contribution in [0.2, 0.25) is 0 Å². The van der Waals surface area contributed by atoms with Crippen LogP contribution in [-0.4, -0.2) is 27.2 Å². The largest absolute Gasteiger partial charge is 0.466 e. The van der Waals surface area contributed by atoms with Crippen molar-refractivity contribution in [2.75, 3.05) is 10.6 Å². The molecule has 154 valence electrons. The Bertz CT molecular complexity index is 1140. The van der Waals surface area contributed by atoms with E-state index < -0.39 is 17.4 Å². The Morgan fingerprint density at radius 1 is 1.17 bits per heavy atom. The first-order valence-corrected chi connectivity index (χ1v) is 9.78. The van der Waals surface area contributed by atoms with Gasteiger partial charge in [0.25, 0.3) is 17.4 Å². The van der Waals surface area contributed by atoms with Gasteiger partial charge in [-0.2, -0.15) is 5.10 Å². The van der Waals surface area contributed by atoms with Crippen LogP contribution in [0.3, 0.4) is 0 Å². The van der Waals surface area contributed by atoms with Crippen LogP contribution in [0, 0.1) is 20.8 Å². The van der Waals surface area contributed by atoms with Crippen molar-refractivity contribution in [2.24, 2.45) is 0 Å². The van der Waals surface area contributed by atoms with Gasteiger partial charge in [0.2, 0.25) is 0 Å². The number of carbonyl (C=O) groups excluding carboxylic acids is 2. The van der Waals surface area contributed by atoms with Crippen molar-refractivity contribution in [1.82, 2.24) is 9.78 Å². The molecule has 0 spiro atoms. The second-order valence-electron chi connectivity index (χ2n) is 7.73. The number of aromatic nitrogens is 2. The Morgan fingerprint density at radius 3 is 2.63 bits per heavy atom. The van der Waals surface area contributed by atoms with Crippen LogP contribution in [0.5, 0.6) is 5.75 Å². The summed E-state index contributed by atoms with van der Waals surface area (Å²) in [7, 11) is 0. The number of fused-ring (bicyclic) bond motifs is 1. The van der Waals surface area contributed by atoms with Crippen molar-refractivity contribution < 1.29 is 14.3 Å². The molecule has 2 heterocycles. The van der Waals surface area contributed by atoms with Crippen molar-refractivity contribution in [3.8, 4) is 5.75 Å². The summed E-state index contributed by atoms with van der Waals surface area (Å²) in [6, 6.07) is 15.4. The number of benzene rings is 2. The zero-order chi connectivity index (χ0) is 21.5. The number of hydrogen-bond acceptors (Lipinski definition) is 4. The lowest BCUT2D eigenvalue weighted by Gasteiger charge is -2.33. The van der Waals surface area contributed by atoms with Crippen molar-refractivity contribution in [2.45, 2.75) is 39.8 Å². The number of aryl methyl sites for hydroxylation is 2. The number of ether oxygens (including phenoxy) is 1. The highest BCUT2D eigenvalue weighted by Crippen LogP contribution is 2.35. The number of hydrogen-bond donors (Lipinski definition) is 2. The zero-order valence-electron chi connectivity index (χ0n) is 17.4. The van der Waals surface area contributed by atoms with Crippen LogP contribution in [0.4, 0.5) is 11.4 Å². The van der Waals surface area contributed by atoms with E-state index in [1.807, 2.05) is 67.9 Å². The summed E-state index contributed by atoms with van der Waals surface area (Å²) in [5.41, 5.74) is 3.03. The number of amides is 2. The van der Waals surface area contributed by atoms with Gasteiger partial charge < -0.3 is 15.4 Å². The number of nitrogens with zero attached hydrogens (tertiary/aromatic N) is 2. The maximum absolute atomic E-state index is 13.1. The first-order valence-electron chi connectivity index (χ1n) is 9.78. The lowest BCUT2D eigenvalue weighted by molar-refractivity contribution is -0.143. The first-order chi connectivity index (χ1) is 14.3. The van der Waals surface area contributed by atoms with Gasteiger partial charge in [-0.3, -0.25) is 14.3 Å². The van der Waals surface area contributed by atoms with E-state index in [4.69, 9.17) is 4.74 Å². The van der Waals surface area contributed by atoms with Crippen LogP contribution in [0.1, 0.15) is 29.4 Å². The predicted octanol–water partition coefficient (Wildman–Crippen LogP) is 3.58. The molecule has 0 saturated heterocycles. The molecule has 1 unspecified atom stereocenters. The van der Waals surface area contributed by atoms with Gasteiger partial charge in [0, 0.05) is 0 Å². The molecule has 1 aromatic heterocycles. The Kier molecular flexibility index (Phi) is 4.81. The molecular weight excluding hydrogens is 380 g/mol. The molecule has 0 radical (unpaired) electrons. The maximum Gasteiger partial charge on any atom is 0.278 e. The molecule has 1 atom stereocenters. The average Bonchev–Trinajstić information content (AvgIpc) is 2.97. The minimum absolute atomic E-state index is 0.464. The second kappa shape index (κ2) is 7.33. The highest BCUT2D eigenvalue weighted by Gasteiger charge is 2.47. The third-order valence-corrected chi connectivity index (χ3v) is 5.36. The summed E-state index contributed by atoms with van der Waals surface area (Å²) in [6.45, 7) is 7.70. The lowest BCUT2D eigenvalue weighted by Crippen LogP contribution is -2.56. The molecule has 7 nitrogen and oxygen atoms in total. The first kappa shape index (κ1) is 19.7. The van der Waals surface area contributed by atoms with E-state index >= 15 is 0 Å². The molecule has 30 heavy (non-hydrogen) atoms. The van der Waals surface area contributed by atoms with Gasteiger partial charge in [-0.25, -0.2) is 0 Å². The van der Waals surface area contributed by atoms with Crippen LogP contribution in [0.15, 0.2) is 48.5 Å². The van der Waals surface area contributed by atoms with Crippen LogP contribution in [0.25, 0.3) is 0 Å². The quantitative estimate of drug-likeness (QED) is 0.651. The van der Waals surface area contributed by atoms with E-state index in [0.29, 0.717) is 29.4 Å². The van der Waals surface area contributed by atoms with Crippen LogP contribution >= 0.6 is 0 Å². The summed E-state index contributed by atoms with van der Waals surface area (Å²) in [5.74, 6) is -0.590. The number of carbonyl (C=O) groups is 2. The van der Waals surface area contributed by atoms with Crippen molar-refractivity contribution in [3.63, 3.8) is 0 Å². The summed E-state index contributed by atoms with van der Waals surface area (Å²) >= 11 is 0. The summed E-state index contributed by atoms with van der Waals surface area (Å²) in [6.07, 6.45) is 0. The normalized spacial score (nSPS) is 17.7. The minimum atomic E-state index is -1.69. The fraction of sp³-hybridized carbons (Fsp3) is 0.261. The molecule has 2 amide bonds. The van der Waals surface area contributed by atoms with Gasteiger partial charge in [0.15, 0.2) is 0 Å². The molecular formula is C23H24N4O3. The molecule has 2 aromatic carbocycles. The molecule has 2 N–H and O–H groups in total. The lowest BCUT2D eigenvalue weighted by atomic mass is 10.0. The van der Waals surface area contributed by atoms with E-state index in [0.717, 1.165) is 16.8 Å². The smallest absolute Gasteiger partial charge is 0.278 e. The standard InChI is InChI=1S/C23H24N4O3/c1-14-10-11-19-18(12-14)24-21(28)23(4,30-19)22(29)25-20-15(2)26-27(16(20)3)13-17-8-6-5-7-9-17/h5-12H,13H2,1-4H3,(H,24,28)(H,25,29). The number of rotatable bonds is 4. The van der Waals surface area contributed by atoms with Crippen LogP contribution in [-0.2, 0) is 16.1 Å².